The summed E-state index contributed by atoms with van der Waals surface area (Å²) in [6.07, 6.45) is -1.09. The van der Waals surface area contributed by atoms with Gasteiger partial charge in [0.15, 0.2) is 6.23 Å². The normalized spacial score (nSPS) is 17.8. The third-order valence-electron chi connectivity index (χ3n) is 4.27. The first-order valence-corrected chi connectivity index (χ1v) is 8.68. The average Bonchev–Trinajstić information content (AvgIpc) is 2.91. The first-order valence-electron chi connectivity index (χ1n) is 8.68. The summed E-state index contributed by atoms with van der Waals surface area (Å²) in [6, 6.07) is 17.4. The van der Waals surface area contributed by atoms with Gasteiger partial charge in [-0.05, 0) is 32.0 Å². The molecule has 0 aliphatic carbocycles. The Balaban J connectivity index is 1.79. The average molecular weight is 341 g/mol. The van der Waals surface area contributed by atoms with Gasteiger partial charge in [0, 0.05) is 16.8 Å². The van der Waals surface area contributed by atoms with E-state index in [1.807, 2.05) is 54.6 Å². The molecule has 5 nitrogen and oxygen atoms in total. The van der Waals surface area contributed by atoms with Gasteiger partial charge >= 0.3 is 0 Å². The highest BCUT2D eigenvalue weighted by Crippen LogP contribution is 2.37. The number of nitrogens with zero attached hydrogens (tertiary/aromatic N) is 1. The molecule has 2 atom stereocenters. The number of anilines is 1. The number of carbonyl (C=O) groups is 1. The number of hydrogen-bond acceptors (Lipinski definition) is 3. The number of amides is 1. The van der Waals surface area contributed by atoms with Crippen LogP contribution in [0.5, 0.6) is 0 Å². The number of fused-ring (bicyclic) bond motifs is 1. The second kappa shape index (κ2) is 7.78. The molecule has 0 fully saturated rings. The van der Waals surface area contributed by atoms with E-state index in [0.29, 0.717) is 18.2 Å². The molecule has 25 heavy (non-hydrogen) atoms. The Bertz CT molecular complexity index is 718. The Kier molecular flexibility index (Phi) is 5.48. The van der Waals surface area contributed by atoms with Gasteiger partial charge in [-0.15, -0.1) is 0 Å². The Labute approximate surface area is 148 Å². The number of ether oxygens (including phenoxy) is 1. The van der Waals surface area contributed by atoms with Crippen molar-refractivity contribution in [1.82, 2.24) is 0 Å². The monoisotopic (exact) mass is 341 g/mol. The van der Waals surface area contributed by atoms with Crippen LogP contribution in [0, 0.1) is 0 Å². The molecule has 0 bridgehead atoms. The van der Waals surface area contributed by atoms with Crippen molar-refractivity contribution in [1.29, 1.82) is 0 Å². The molecule has 2 aromatic rings. The molecule has 0 aromatic heterocycles. The summed E-state index contributed by atoms with van der Waals surface area (Å²) in [5.41, 5.74) is 2.29. The van der Waals surface area contributed by atoms with Gasteiger partial charge in [0.25, 0.3) is 5.91 Å². The van der Waals surface area contributed by atoms with Crippen molar-refractivity contribution in [2.75, 3.05) is 18.1 Å². The molecular weight excluding hydrogens is 316 g/mol. The largest absolute Gasteiger partial charge is 0.385 e. The van der Waals surface area contributed by atoms with Crippen LogP contribution in [0.25, 0.3) is 0 Å². The number of para-hydroxylation sites is 1. The van der Waals surface area contributed by atoms with Crippen molar-refractivity contribution in [2.45, 2.75) is 32.2 Å². The molecule has 0 unspecified atom stereocenters. The maximum atomic E-state index is 12.8. The molecule has 132 valence electrons. The maximum absolute atomic E-state index is 12.8. The van der Waals surface area contributed by atoms with E-state index in [0.717, 1.165) is 11.3 Å². The van der Waals surface area contributed by atoms with E-state index >= 15 is 0 Å². The molecule has 3 N–H and O–H groups in total. The molecule has 0 saturated carbocycles. The molecule has 0 radical (unpaired) electrons. The van der Waals surface area contributed by atoms with E-state index in [-0.39, 0.29) is 12.5 Å². The van der Waals surface area contributed by atoms with Gasteiger partial charge in [-0.25, -0.2) is 0 Å². The van der Waals surface area contributed by atoms with Gasteiger partial charge in [-0.3, -0.25) is 9.69 Å². The van der Waals surface area contributed by atoms with E-state index in [2.05, 4.69) is 19.2 Å². The lowest BCUT2D eigenvalue weighted by Gasteiger charge is -2.26. The number of aliphatic hydroxyl groups excluding tert-OH is 1. The molecule has 3 rings (SSSR count). The molecule has 5 heteroatoms. The Hall–Kier alpha value is -2.21. The zero-order chi connectivity index (χ0) is 17.8. The fourth-order valence-electron chi connectivity index (χ4n) is 2.99. The summed E-state index contributed by atoms with van der Waals surface area (Å²) >= 11 is 0. The predicted octanol–water partition coefficient (Wildman–Crippen LogP) is 1.69. The summed E-state index contributed by atoms with van der Waals surface area (Å²) in [6.45, 7) is 4.91. The van der Waals surface area contributed by atoms with Crippen molar-refractivity contribution < 1.29 is 20.0 Å². The molecule has 0 spiro atoms. The Morgan fingerprint density at radius 1 is 1.12 bits per heavy atom. The number of benzene rings is 2. The van der Waals surface area contributed by atoms with Crippen molar-refractivity contribution in [3.05, 3.63) is 65.7 Å². The van der Waals surface area contributed by atoms with Gasteiger partial charge in [0.2, 0.25) is 0 Å². The van der Waals surface area contributed by atoms with Crippen LogP contribution in [-0.4, -0.2) is 36.3 Å². The zero-order valence-corrected chi connectivity index (χ0v) is 14.6. The quantitative estimate of drug-likeness (QED) is 0.805. The number of quaternary nitrogens is 1. The van der Waals surface area contributed by atoms with Gasteiger partial charge in [-0.2, -0.15) is 0 Å². The molecule has 1 amide bonds. The van der Waals surface area contributed by atoms with Crippen molar-refractivity contribution in [3.8, 4) is 0 Å². The number of nitrogens with two attached hydrogens (primary N) is 1. The second-order valence-electron chi connectivity index (χ2n) is 6.65. The number of hydrogen-bond donors (Lipinski definition) is 2. The number of aliphatic hydroxyl groups is 1. The molecule has 1 aliphatic rings. The van der Waals surface area contributed by atoms with E-state index in [4.69, 9.17) is 4.74 Å². The minimum atomic E-state index is -0.581. The van der Waals surface area contributed by atoms with E-state index in [9.17, 15) is 9.90 Å². The lowest BCUT2D eigenvalue weighted by molar-refractivity contribution is -0.688. The molecule has 2 aromatic carbocycles. The molecule has 0 saturated heterocycles. The van der Waals surface area contributed by atoms with Crippen LogP contribution in [0.2, 0.25) is 0 Å². The standard InChI is InChI=1S/C20H24N2O3/c1-14(2)21-12-16(23)13-25-20-18-11-7-6-10-17(18)19(24)22(20)15-8-4-3-5-9-15/h3-11,14,16,20-21,23H,12-13H2,1-2H3/p+1/t16-,20-/m0/s1. The van der Waals surface area contributed by atoms with Crippen molar-refractivity contribution >= 4 is 11.6 Å². The minimum Gasteiger partial charge on any atom is -0.385 e. The van der Waals surface area contributed by atoms with Crippen LogP contribution in [0.3, 0.4) is 0 Å². The first kappa shape index (κ1) is 17.6. The summed E-state index contributed by atoms with van der Waals surface area (Å²) in [7, 11) is 0. The smallest absolute Gasteiger partial charge is 0.261 e. The predicted molar refractivity (Wildman–Crippen MR) is 96.3 cm³/mol. The highest BCUT2D eigenvalue weighted by atomic mass is 16.5. The second-order valence-corrected chi connectivity index (χ2v) is 6.65. The lowest BCUT2D eigenvalue weighted by Crippen LogP contribution is -2.90. The van der Waals surface area contributed by atoms with Crippen LogP contribution in [0.15, 0.2) is 54.6 Å². The minimum absolute atomic E-state index is 0.0740. The summed E-state index contributed by atoms with van der Waals surface area (Å²) in [4.78, 5) is 14.5. The van der Waals surface area contributed by atoms with Crippen molar-refractivity contribution in [2.24, 2.45) is 0 Å². The summed E-state index contributed by atoms with van der Waals surface area (Å²) < 4.78 is 6.00. The van der Waals surface area contributed by atoms with E-state index in [1.165, 1.54) is 0 Å². The molecule has 1 aliphatic heterocycles. The fourth-order valence-corrected chi connectivity index (χ4v) is 2.99. The van der Waals surface area contributed by atoms with Crippen molar-refractivity contribution in [3.63, 3.8) is 0 Å². The van der Waals surface area contributed by atoms with Gasteiger partial charge < -0.3 is 15.2 Å². The number of carbonyl (C=O) groups excluding carboxylic acids is 1. The van der Waals surface area contributed by atoms with Crippen LogP contribution in [-0.2, 0) is 4.74 Å². The van der Waals surface area contributed by atoms with Gasteiger partial charge in [-0.1, -0.05) is 36.4 Å². The topological polar surface area (TPSA) is 66.4 Å². The summed E-state index contributed by atoms with van der Waals surface area (Å²) in [5.74, 6) is -0.0740. The fraction of sp³-hybridized carbons (Fsp3) is 0.350. The molecule has 1 heterocycles. The van der Waals surface area contributed by atoms with Gasteiger partial charge in [0.05, 0.1) is 12.6 Å². The Morgan fingerprint density at radius 2 is 1.80 bits per heavy atom. The Morgan fingerprint density at radius 3 is 2.52 bits per heavy atom. The highest BCUT2D eigenvalue weighted by Gasteiger charge is 2.38. The maximum Gasteiger partial charge on any atom is 0.261 e. The third kappa shape index (κ3) is 3.90. The van der Waals surface area contributed by atoms with Crippen LogP contribution < -0.4 is 10.2 Å². The van der Waals surface area contributed by atoms with Crippen LogP contribution in [0.1, 0.15) is 36.0 Å². The zero-order valence-electron chi connectivity index (χ0n) is 14.6. The van der Waals surface area contributed by atoms with Gasteiger partial charge in [0.1, 0.15) is 12.6 Å². The highest BCUT2D eigenvalue weighted by molar-refractivity contribution is 6.10. The lowest BCUT2D eigenvalue weighted by atomic mass is 10.1. The van der Waals surface area contributed by atoms with E-state index in [1.54, 1.807) is 4.90 Å². The summed E-state index contributed by atoms with van der Waals surface area (Å²) in [5, 5.41) is 12.2. The first-order chi connectivity index (χ1) is 12.1. The number of rotatable bonds is 7. The van der Waals surface area contributed by atoms with Crippen LogP contribution >= 0.6 is 0 Å². The van der Waals surface area contributed by atoms with E-state index < -0.39 is 12.3 Å². The molecular formula is C20H25N2O3+. The van der Waals surface area contributed by atoms with Crippen LogP contribution in [0.4, 0.5) is 5.69 Å². The SMILES string of the molecule is CC(C)[NH2+]C[C@H](O)CO[C@H]1c2ccccc2C(=O)N1c1ccccc1. The third-order valence-corrected chi connectivity index (χ3v) is 4.27.